The van der Waals surface area contributed by atoms with Crippen molar-refractivity contribution in [3.8, 4) is 11.5 Å². The molecule has 33 heavy (non-hydrogen) atoms. The number of aromatic nitrogens is 2. The van der Waals surface area contributed by atoms with Crippen LogP contribution in [0.15, 0.2) is 30.3 Å². The number of methoxy groups -OCH3 is 2. The molecular weight excluding hydrogens is 418 g/mol. The van der Waals surface area contributed by atoms with E-state index >= 15 is 0 Å². The van der Waals surface area contributed by atoms with E-state index < -0.39 is 0 Å². The first kappa shape index (κ1) is 22.9. The van der Waals surface area contributed by atoms with Gasteiger partial charge in [0.15, 0.2) is 11.5 Å². The molecule has 3 heterocycles. The van der Waals surface area contributed by atoms with Gasteiger partial charge in [0.2, 0.25) is 11.9 Å². The number of piperazine rings is 1. The fraction of sp³-hybridized carbons (Fsp3) is 0.480. The monoisotopic (exact) mass is 451 g/mol. The molecule has 176 valence electrons. The van der Waals surface area contributed by atoms with Gasteiger partial charge in [-0.2, -0.15) is 4.98 Å². The lowest BCUT2D eigenvalue weighted by molar-refractivity contribution is -0.126. The van der Waals surface area contributed by atoms with Gasteiger partial charge in [-0.05, 0) is 50.0 Å². The maximum atomic E-state index is 12.7. The van der Waals surface area contributed by atoms with Crippen molar-refractivity contribution in [1.29, 1.82) is 0 Å². The van der Waals surface area contributed by atoms with Crippen LogP contribution in [-0.4, -0.2) is 74.3 Å². The highest BCUT2D eigenvalue weighted by molar-refractivity contribution is 5.92. The lowest BCUT2D eigenvalue weighted by atomic mass is 10.1. The van der Waals surface area contributed by atoms with E-state index in [-0.39, 0.29) is 5.91 Å². The minimum Gasteiger partial charge on any atom is -0.493 e. The van der Waals surface area contributed by atoms with E-state index in [1.165, 1.54) is 19.3 Å². The molecule has 0 saturated carbocycles. The second-order valence-corrected chi connectivity index (χ2v) is 8.48. The second-order valence-electron chi connectivity index (χ2n) is 8.48. The number of hydrogen-bond donors (Lipinski definition) is 0. The first-order valence-electron chi connectivity index (χ1n) is 11.6. The Morgan fingerprint density at radius 2 is 1.61 bits per heavy atom. The summed E-state index contributed by atoms with van der Waals surface area (Å²) in [6, 6.07) is 7.64. The van der Waals surface area contributed by atoms with Crippen LogP contribution in [0.2, 0.25) is 0 Å². The molecule has 0 N–H and O–H groups in total. The Kier molecular flexibility index (Phi) is 7.32. The van der Waals surface area contributed by atoms with Crippen LogP contribution in [0.1, 0.15) is 30.5 Å². The van der Waals surface area contributed by atoms with E-state index in [2.05, 4.69) is 14.8 Å². The minimum atomic E-state index is 0.0114. The standard InChI is InChI=1S/C25H33N5O3/c1-19-17-23(27-25(26-19)30-11-5-4-6-12-30)28-13-15-29(16-14-28)24(31)10-8-20-7-9-21(32-2)22(18-20)33-3/h7-10,17-18H,4-6,11-16H2,1-3H3/b10-8+. The smallest absolute Gasteiger partial charge is 0.246 e. The van der Waals surface area contributed by atoms with E-state index in [9.17, 15) is 4.79 Å². The summed E-state index contributed by atoms with van der Waals surface area (Å²) in [5, 5.41) is 0. The van der Waals surface area contributed by atoms with Crippen molar-refractivity contribution in [1.82, 2.24) is 14.9 Å². The fourth-order valence-corrected chi connectivity index (χ4v) is 4.32. The zero-order valence-electron chi connectivity index (χ0n) is 19.8. The maximum Gasteiger partial charge on any atom is 0.246 e. The summed E-state index contributed by atoms with van der Waals surface area (Å²) < 4.78 is 10.6. The van der Waals surface area contributed by atoms with Crippen LogP contribution in [0.3, 0.4) is 0 Å². The molecule has 8 heteroatoms. The average Bonchev–Trinajstić information content (AvgIpc) is 2.87. The number of amides is 1. The third-order valence-electron chi connectivity index (χ3n) is 6.21. The molecule has 0 aliphatic carbocycles. The van der Waals surface area contributed by atoms with Gasteiger partial charge in [0.25, 0.3) is 0 Å². The molecular formula is C25H33N5O3. The number of aryl methyl sites for hydroxylation is 1. The van der Waals surface area contributed by atoms with Crippen LogP contribution in [0, 0.1) is 6.92 Å². The van der Waals surface area contributed by atoms with Crippen LogP contribution in [-0.2, 0) is 4.79 Å². The Morgan fingerprint density at radius 3 is 2.30 bits per heavy atom. The van der Waals surface area contributed by atoms with Crippen molar-refractivity contribution in [2.75, 3.05) is 63.3 Å². The van der Waals surface area contributed by atoms with Gasteiger partial charge in [0.05, 0.1) is 14.2 Å². The summed E-state index contributed by atoms with van der Waals surface area (Å²) in [4.78, 5) is 28.7. The molecule has 0 radical (unpaired) electrons. The number of hydrogen-bond acceptors (Lipinski definition) is 7. The second kappa shape index (κ2) is 10.6. The van der Waals surface area contributed by atoms with Crippen molar-refractivity contribution in [2.24, 2.45) is 0 Å². The molecule has 0 unspecified atom stereocenters. The SMILES string of the molecule is COc1ccc(/C=C/C(=O)N2CCN(c3cc(C)nc(N4CCCCC4)n3)CC2)cc1OC. The summed E-state index contributed by atoms with van der Waals surface area (Å²) >= 11 is 0. The largest absolute Gasteiger partial charge is 0.493 e. The van der Waals surface area contributed by atoms with E-state index in [1.54, 1.807) is 20.3 Å². The average molecular weight is 452 g/mol. The van der Waals surface area contributed by atoms with Crippen molar-refractivity contribution in [3.63, 3.8) is 0 Å². The van der Waals surface area contributed by atoms with E-state index in [0.29, 0.717) is 24.6 Å². The Bertz CT molecular complexity index is 996. The van der Waals surface area contributed by atoms with Crippen LogP contribution < -0.4 is 19.3 Å². The summed E-state index contributed by atoms with van der Waals surface area (Å²) in [7, 11) is 3.21. The molecule has 1 amide bonds. The molecule has 1 aromatic carbocycles. The highest BCUT2D eigenvalue weighted by Crippen LogP contribution is 2.28. The van der Waals surface area contributed by atoms with Crippen molar-refractivity contribution >= 4 is 23.7 Å². The molecule has 0 bridgehead atoms. The lowest BCUT2D eigenvalue weighted by Crippen LogP contribution is -2.48. The fourth-order valence-electron chi connectivity index (χ4n) is 4.32. The predicted octanol–water partition coefficient (Wildman–Crippen LogP) is 3.15. The zero-order valence-corrected chi connectivity index (χ0v) is 19.8. The van der Waals surface area contributed by atoms with Gasteiger partial charge < -0.3 is 24.2 Å². The Balaban J connectivity index is 1.36. The maximum absolute atomic E-state index is 12.7. The zero-order chi connectivity index (χ0) is 23.2. The number of carbonyl (C=O) groups is 1. The highest BCUT2D eigenvalue weighted by atomic mass is 16.5. The van der Waals surface area contributed by atoms with Gasteiger partial charge in [-0.15, -0.1) is 0 Å². The lowest BCUT2D eigenvalue weighted by Gasteiger charge is -2.35. The first-order valence-corrected chi connectivity index (χ1v) is 11.6. The van der Waals surface area contributed by atoms with E-state index in [4.69, 9.17) is 14.5 Å². The summed E-state index contributed by atoms with van der Waals surface area (Å²) in [5.74, 6) is 3.11. The van der Waals surface area contributed by atoms with Crippen LogP contribution in [0.25, 0.3) is 6.08 Å². The van der Waals surface area contributed by atoms with Gasteiger partial charge in [0, 0.05) is 57.1 Å². The molecule has 2 aromatic rings. The number of benzene rings is 1. The Labute approximate surface area is 195 Å². The number of anilines is 2. The van der Waals surface area contributed by atoms with Crippen LogP contribution in [0.4, 0.5) is 11.8 Å². The van der Waals surface area contributed by atoms with Crippen molar-refractivity contribution in [2.45, 2.75) is 26.2 Å². The molecule has 4 rings (SSSR count). The van der Waals surface area contributed by atoms with Gasteiger partial charge in [-0.25, -0.2) is 4.98 Å². The van der Waals surface area contributed by atoms with Crippen molar-refractivity contribution in [3.05, 3.63) is 41.6 Å². The van der Waals surface area contributed by atoms with E-state index in [0.717, 1.165) is 49.2 Å². The van der Waals surface area contributed by atoms with Crippen LogP contribution in [0.5, 0.6) is 11.5 Å². The molecule has 2 saturated heterocycles. The third kappa shape index (κ3) is 5.56. The number of rotatable bonds is 6. The van der Waals surface area contributed by atoms with Crippen molar-refractivity contribution < 1.29 is 14.3 Å². The Hall–Kier alpha value is -3.29. The van der Waals surface area contributed by atoms with Gasteiger partial charge >= 0.3 is 0 Å². The first-order chi connectivity index (χ1) is 16.1. The summed E-state index contributed by atoms with van der Waals surface area (Å²) in [6.45, 7) is 6.92. The van der Waals surface area contributed by atoms with Crippen LogP contribution >= 0.6 is 0 Å². The van der Waals surface area contributed by atoms with Gasteiger partial charge in [0.1, 0.15) is 5.82 Å². The minimum absolute atomic E-state index is 0.0114. The Morgan fingerprint density at radius 1 is 0.879 bits per heavy atom. The van der Waals surface area contributed by atoms with Gasteiger partial charge in [-0.3, -0.25) is 4.79 Å². The highest BCUT2D eigenvalue weighted by Gasteiger charge is 2.22. The molecule has 2 aliphatic heterocycles. The molecule has 8 nitrogen and oxygen atoms in total. The third-order valence-corrected chi connectivity index (χ3v) is 6.21. The molecule has 2 aliphatic rings. The quantitative estimate of drug-likeness (QED) is 0.625. The summed E-state index contributed by atoms with van der Waals surface area (Å²) in [5.41, 5.74) is 1.87. The number of nitrogens with zero attached hydrogens (tertiary/aromatic N) is 5. The molecule has 1 aromatic heterocycles. The van der Waals surface area contributed by atoms with Gasteiger partial charge in [-0.1, -0.05) is 6.07 Å². The molecule has 2 fully saturated rings. The number of ether oxygens (including phenoxy) is 2. The predicted molar refractivity (Wildman–Crippen MR) is 130 cm³/mol. The molecule has 0 spiro atoms. The number of carbonyl (C=O) groups excluding carboxylic acids is 1. The number of piperidine rings is 1. The molecule has 0 atom stereocenters. The van der Waals surface area contributed by atoms with E-state index in [1.807, 2.05) is 42.2 Å². The topological polar surface area (TPSA) is 71.0 Å². The normalized spacial score (nSPS) is 16.9. The summed E-state index contributed by atoms with van der Waals surface area (Å²) in [6.07, 6.45) is 7.12.